The van der Waals surface area contributed by atoms with Crippen LogP contribution in [0.15, 0.2) is 64.8 Å². The highest BCUT2D eigenvalue weighted by molar-refractivity contribution is 6.30. The average Bonchev–Trinajstić information content (AvgIpc) is 2.76. The molecule has 6 heteroatoms. The van der Waals surface area contributed by atoms with Gasteiger partial charge in [0.1, 0.15) is 18.3 Å². The maximum Gasteiger partial charge on any atom is 0.315 e. The lowest BCUT2D eigenvalue weighted by molar-refractivity contribution is -0.148. The quantitative estimate of drug-likeness (QED) is 0.515. The van der Waals surface area contributed by atoms with E-state index in [1.165, 1.54) is 0 Å². The standard InChI is InChI=1S/C27H28ClNO4/c1-16-23(26(31)33-15-17-5-11-20(32-4)12-6-17)24(18-7-9-19(28)10-8-18)25-21(29-16)13-27(2,3)14-22(25)30/h5-12,23-24H,13-15H2,1-4H3/t23?,24-/m0/s1. The normalized spacial score (nSPS) is 21.8. The predicted octanol–water partition coefficient (Wildman–Crippen LogP) is 5.91. The Morgan fingerprint density at radius 1 is 1.09 bits per heavy atom. The van der Waals surface area contributed by atoms with Gasteiger partial charge in [-0.3, -0.25) is 14.6 Å². The second-order valence-electron chi connectivity index (χ2n) is 9.52. The van der Waals surface area contributed by atoms with Gasteiger partial charge in [0.05, 0.1) is 7.11 Å². The largest absolute Gasteiger partial charge is 0.497 e. The first-order valence-electron chi connectivity index (χ1n) is 11.0. The number of esters is 1. The minimum Gasteiger partial charge on any atom is -0.497 e. The second kappa shape index (κ2) is 9.14. The van der Waals surface area contributed by atoms with E-state index >= 15 is 0 Å². The summed E-state index contributed by atoms with van der Waals surface area (Å²) in [6.07, 6.45) is 1.13. The lowest BCUT2D eigenvalue weighted by Crippen LogP contribution is -2.39. The van der Waals surface area contributed by atoms with Crippen molar-refractivity contribution in [3.05, 3.63) is 76.0 Å². The van der Waals surface area contributed by atoms with Gasteiger partial charge >= 0.3 is 5.97 Å². The molecule has 0 saturated heterocycles. The van der Waals surface area contributed by atoms with Crippen molar-refractivity contribution < 1.29 is 19.1 Å². The van der Waals surface area contributed by atoms with E-state index in [-0.39, 0.29) is 17.8 Å². The summed E-state index contributed by atoms with van der Waals surface area (Å²) in [7, 11) is 1.60. The van der Waals surface area contributed by atoms with E-state index < -0.39 is 17.8 Å². The number of hydrogen-bond donors (Lipinski definition) is 0. The number of ether oxygens (including phenoxy) is 2. The first kappa shape index (κ1) is 23.2. The van der Waals surface area contributed by atoms with Crippen molar-refractivity contribution in [1.82, 2.24) is 0 Å². The molecule has 0 spiro atoms. The summed E-state index contributed by atoms with van der Waals surface area (Å²) in [5.41, 5.74) is 3.64. The molecule has 0 aromatic heterocycles. The molecule has 0 fully saturated rings. The van der Waals surface area contributed by atoms with Crippen LogP contribution in [-0.2, 0) is 20.9 Å². The number of hydrogen-bond acceptors (Lipinski definition) is 5. The average molecular weight is 466 g/mol. The molecule has 0 saturated carbocycles. The minimum absolute atomic E-state index is 0.0467. The van der Waals surface area contributed by atoms with Crippen LogP contribution >= 0.6 is 11.6 Å². The number of carbonyl (C=O) groups is 2. The van der Waals surface area contributed by atoms with Crippen LogP contribution in [0, 0.1) is 11.3 Å². The SMILES string of the molecule is COc1ccc(COC(=O)C2C(C)=NC3=C(C(=O)CC(C)(C)C3)[C@H]2c2ccc(Cl)cc2)cc1. The van der Waals surface area contributed by atoms with Crippen molar-refractivity contribution in [2.24, 2.45) is 16.3 Å². The van der Waals surface area contributed by atoms with Gasteiger partial charge in [-0.05, 0) is 54.2 Å². The Morgan fingerprint density at radius 2 is 1.76 bits per heavy atom. The van der Waals surface area contributed by atoms with Crippen molar-refractivity contribution in [2.75, 3.05) is 7.11 Å². The fraction of sp³-hybridized carbons (Fsp3) is 0.370. The van der Waals surface area contributed by atoms with E-state index in [1.54, 1.807) is 19.2 Å². The Balaban J connectivity index is 1.67. The van der Waals surface area contributed by atoms with Gasteiger partial charge in [-0.1, -0.05) is 49.7 Å². The molecule has 1 heterocycles. The Bertz CT molecular complexity index is 1130. The summed E-state index contributed by atoms with van der Waals surface area (Å²) in [5, 5.41) is 0.601. The lowest BCUT2D eigenvalue weighted by atomic mass is 9.67. The molecule has 4 rings (SSSR count). The van der Waals surface area contributed by atoms with Crippen molar-refractivity contribution in [1.29, 1.82) is 0 Å². The van der Waals surface area contributed by atoms with Gasteiger partial charge in [-0.15, -0.1) is 0 Å². The third-order valence-corrected chi connectivity index (χ3v) is 6.58. The highest BCUT2D eigenvalue weighted by Crippen LogP contribution is 2.48. The topological polar surface area (TPSA) is 65.0 Å². The molecule has 33 heavy (non-hydrogen) atoms. The number of nitrogens with zero attached hydrogens (tertiary/aromatic N) is 1. The molecule has 2 atom stereocenters. The van der Waals surface area contributed by atoms with E-state index in [9.17, 15) is 9.59 Å². The first-order chi connectivity index (χ1) is 15.7. The number of benzene rings is 2. The molecule has 0 radical (unpaired) electrons. The zero-order valence-corrected chi connectivity index (χ0v) is 20.1. The molecule has 2 aromatic rings. The summed E-state index contributed by atoms with van der Waals surface area (Å²) >= 11 is 6.12. The third kappa shape index (κ3) is 4.88. The van der Waals surface area contributed by atoms with E-state index in [0.717, 1.165) is 22.6 Å². The smallest absolute Gasteiger partial charge is 0.315 e. The summed E-state index contributed by atoms with van der Waals surface area (Å²) in [4.78, 5) is 31.4. The monoisotopic (exact) mass is 465 g/mol. The zero-order chi connectivity index (χ0) is 23.8. The Kier molecular flexibility index (Phi) is 6.44. The van der Waals surface area contributed by atoms with Gasteiger partial charge in [0, 0.05) is 34.3 Å². The first-order valence-corrected chi connectivity index (χ1v) is 11.4. The van der Waals surface area contributed by atoms with Crippen LogP contribution < -0.4 is 4.74 Å². The molecule has 1 unspecified atom stereocenters. The number of ketones is 1. The molecule has 0 bridgehead atoms. The van der Waals surface area contributed by atoms with E-state index in [1.807, 2.05) is 43.3 Å². The molecule has 1 aliphatic heterocycles. The number of halogens is 1. The Hall–Kier alpha value is -2.92. The number of methoxy groups -OCH3 is 1. The van der Waals surface area contributed by atoms with Crippen LogP contribution in [0.4, 0.5) is 0 Å². The maximum absolute atomic E-state index is 13.4. The number of aliphatic imine (C=N–C) groups is 1. The van der Waals surface area contributed by atoms with Crippen LogP contribution in [0.5, 0.6) is 5.75 Å². The molecular weight excluding hydrogens is 438 g/mol. The zero-order valence-electron chi connectivity index (χ0n) is 19.4. The fourth-order valence-corrected chi connectivity index (χ4v) is 4.87. The van der Waals surface area contributed by atoms with Crippen LogP contribution in [-0.4, -0.2) is 24.6 Å². The van der Waals surface area contributed by atoms with Crippen LogP contribution in [0.2, 0.25) is 5.02 Å². The van der Waals surface area contributed by atoms with Crippen LogP contribution in [0.1, 0.15) is 50.7 Å². The molecule has 0 N–H and O–H groups in total. The molecule has 2 aromatic carbocycles. The molecule has 2 aliphatic rings. The Labute approximate surface area is 199 Å². The number of carbonyl (C=O) groups excluding carboxylic acids is 2. The van der Waals surface area contributed by atoms with Gasteiger partial charge in [0.25, 0.3) is 0 Å². The Morgan fingerprint density at radius 3 is 2.39 bits per heavy atom. The third-order valence-electron chi connectivity index (χ3n) is 6.33. The number of Topliss-reactive ketones (excluding diaryl/α,β-unsaturated/α-hetero) is 1. The molecular formula is C27H28ClNO4. The minimum atomic E-state index is -0.673. The van der Waals surface area contributed by atoms with E-state index in [0.29, 0.717) is 29.1 Å². The van der Waals surface area contributed by atoms with Gasteiger partial charge < -0.3 is 9.47 Å². The van der Waals surface area contributed by atoms with Gasteiger partial charge in [-0.2, -0.15) is 0 Å². The van der Waals surface area contributed by atoms with Crippen molar-refractivity contribution in [3.8, 4) is 5.75 Å². The van der Waals surface area contributed by atoms with Crippen molar-refractivity contribution in [2.45, 2.75) is 46.1 Å². The highest BCUT2D eigenvalue weighted by atomic mass is 35.5. The van der Waals surface area contributed by atoms with E-state index in [4.69, 9.17) is 26.1 Å². The summed E-state index contributed by atoms with van der Waals surface area (Å²) < 4.78 is 10.9. The number of allylic oxidation sites excluding steroid dienone is 2. The van der Waals surface area contributed by atoms with Crippen LogP contribution in [0.25, 0.3) is 0 Å². The summed E-state index contributed by atoms with van der Waals surface area (Å²) in [6.45, 7) is 6.13. The second-order valence-corrected chi connectivity index (χ2v) is 9.95. The summed E-state index contributed by atoms with van der Waals surface area (Å²) in [5.74, 6) is -0.724. The molecule has 5 nitrogen and oxygen atoms in total. The molecule has 0 amide bonds. The highest BCUT2D eigenvalue weighted by Gasteiger charge is 2.46. The summed E-state index contributed by atoms with van der Waals surface area (Å²) in [6, 6.07) is 14.7. The van der Waals surface area contributed by atoms with Crippen molar-refractivity contribution >= 4 is 29.1 Å². The lowest BCUT2D eigenvalue weighted by Gasteiger charge is -2.39. The molecule has 172 valence electrons. The van der Waals surface area contributed by atoms with Gasteiger partial charge in [-0.25, -0.2) is 0 Å². The van der Waals surface area contributed by atoms with Crippen LogP contribution in [0.3, 0.4) is 0 Å². The number of rotatable bonds is 5. The predicted molar refractivity (Wildman–Crippen MR) is 129 cm³/mol. The van der Waals surface area contributed by atoms with Gasteiger partial charge in [0.2, 0.25) is 0 Å². The fourth-order valence-electron chi connectivity index (χ4n) is 4.75. The maximum atomic E-state index is 13.4. The molecule has 1 aliphatic carbocycles. The van der Waals surface area contributed by atoms with Gasteiger partial charge in [0.15, 0.2) is 5.78 Å². The van der Waals surface area contributed by atoms with E-state index in [2.05, 4.69) is 13.8 Å². The van der Waals surface area contributed by atoms with Crippen molar-refractivity contribution in [3.63, 3.8) is 0 Å².